The molecular weight excluding hydrogens is 236 g/mol. The Hall–Kier alpha value is -1.31. The minimum absolute atomic E-state index is 0.239. The standard InChI is InChI=1S/C17H22O2/c1-10-11(2)16-13(9-15(10)19-3)8-14(17(16)18)12-6-4-5-7-12/h9,12,14H,4-8H2,1-3H3/t14-/m1/s1. The first-order valence-electron chi connectivity index (χ1n) is 7.34. The molecule has 3 rings (SSSR count). The van der Waals surface area contributed by atoms with Crippen LogP contribution < -0.4 is 4.74 Å². The average molecular weight is 258 g/mol. The van der Waals surface area contributed by atoms with E-state index in [1.807, 2.05) is 6.92 Å². The first-order valence-corrected chi connectivity index (χ1v) is 7.34. The first-order chi connectivity index (χ1) is 9.13. The molecule has 1 aromatic rings. The highest BCUT2D eigenvalue weighted by molar-refractivity contribution is 6.04. The van der Waals surface area contributed by atoms with Gasteiger partial charge in [0.2, 0.25) is 0 Å². The van der Waals surface area contributed by atoms with Crippen molar-refractivity contribution in [3.05, 3.63) is 28.3 Å². The molecule has 0 saturated heterocycles. The van der Waals surface area contributed by atoms with Gasteiger partial charge in [-0.3, -0.25) is 4.79 Å². The third kappa shape index (κ3) is 1.89. The number of hydrogen-bond donors (Lipinski definition) is 0. The number of carbonyl (C=O) groups is 1. The molecule has 2 heteroatoms. The van der Waals surface area contributed by atoms with Crippen LogP contribution in [-0.2, 0) is 6.42 Å². The van der Waals surface area contributed by atoms with Crippen molar-refractivity contribution in [3.8, 4) is 5.75 Å². The van der Waals surface area contributed by atoms with Crippen molar-refractivity contribution in [2.45, 2.75) is 46.0 Å². The number of benzene rings is 1. The summed E-state index contributed by atoms with van der Waals surface area (Å²) >= 11 is 0. The molecule has 1 atom stereocenters. The lowest BCUT2D eigenvalue weighted by molar-refractivity contribution is 0.0894. The molecule has 0 radical (unpaired) electrons. The van der Waals surface area contributed by atoms with E-state index in [0.29, 0.717) is 11.7 Å². The Bertz CT molecular complexity index is 525. The van der Waals surface area contributed by atoms with Gasteiger partial charge in [-0.1, -0.05) is 12.8 Å². The third-order valence-electron chi connectivity index (χ3n) is 5.15. The van der Waals surface area contributed by atoms with Crippen LogP contribution in [0.1, 0.15) is 52.7 Å². The lowest BCUT2D eigenvalue weighted by atomic mass is 9.87. The van der Waals surface area contributed by atoms with Gasteiger partial charge in [0.1, 0.15) is 5.75 Å². The molecule has 0 unspecified atom stereocenters. The highest BCUT2D eigenvalue weighted by Crippen LogP contribution is 2.42. The Morgan fingerprint density at radius 1 is 1.16 bits per heavy atom. The molecule has 0 spiro atoms. The van der Waals surface area contributed by atoms with Crippen LogP contribution in [0.4, 0.5) is 0 Å². The van der Waals surface area contributed by atoms with Gasteiger partial charge in [-0.05, 0) is 61.8 Å². The summed E-state index contributed by atoms with van der Waals surface area (Å²) in [5.41, 5.74) is 4.44. The number of Topliss-reactive ketones (excluding diaryl/α,β-unsaturated/α-hetero) is 1. The van der Waals surface area contributed by atoms with Crippen molar-refractivity contribution >= 4 is 5.78 Å². The Kier molecular flexibility index (Phi) is 3.12. The fourth-order valence-electron chi connectivity index (χ4n) is 3.92. The monoisotopic (exact) mass is 258 g/mol. The van der Waals surface area contributed by atoms with E-state index in [9.17, 15) is 4.79 Å². The molecule has 0 bridgehead atoms. The van der Waals surface area contributed by atoms with Crippen LogP contribution in [0.15, 0.2) is 6.07 Å². The van der Waals surface area contributed by atoms with E-state index < -0.39 is 0 Å². The van der Waals surface area contributed by atoms with Crippen LogP contribution in [0.5, 0.6) is 5.75 Å². The molecule has 0 aliphatic heterocycles. The maximum Gasteiger partial charge on any atom is 0.167 e. The minimum Gasteiger partial charge on any atom is -0.496 e. The number of ether oxygens (including phenoxy) is 1. The van der Waals surface area contributed by atoms with Crippen LogP contribution in [0.3, 0.4) is 0 Å². The number of methoxy groups -OCH3 is 1. The van der Waals surface area contributed by atoms with E-state index in [1.165, 1.54) is 31.2 Å². The second-order valence-corrected chi connectivity index (χ2v) is 6.08. The summed E-state index contributed by atoms with van der Waals surface area (Å²) in [5.74, 6) is 2.18. The zero-order valence-electron chi connectivity index (χ0n) is 12.1. The Morgan fingerprint density at radius 3 is 2.47 bits per heavy atom. The van der Waals surface area contributed by atoms with Gasteiger partial charge in [0, 0.05) is 11.5 Å². The summed E-state index contributed by atoms with van der Waals surface area (Å²) < 4.78 is 5.44. The maximum absolute atomic E-state index is 12.7. The molecule has 0 aromatic heterocycles. The summed E-state index contributed by atoms with van der Waals surface area (Å²) in [6, 6.07) is 2.09. The highest BCUT2D eigenvalue weighted by atomic mass is 16.5. The third-order valence-corrected chi connectivity index (χ3v) is 5.15. The molecule has 0 heterocycles. The molecule has 1 aromatic carbocycles. The fourth-order valence-corrected chi connectivity index (χ4v) is 3.92. The van der Waals surface area contributed by atoms with E-state index in [1.54, 1.807) is 7.11 Å². The van der Waals surface area contributed by atoms with Crippen molar-refractivity contribution in [1.29, 1.82) is 0 Å². The van der Waals surface area contributed by atoms with Crippen molar-refractivity contribution < 1.29 is 9.53 Å². The largest absolute Gasteiger partial charge is 0.496 e. The quantitative estimate of drug-likeness (QED) is 0.805. The molecule has 19 heavy (non-hydrogen) atoms. The predicted octanol–water partition coefficient (Wildman–Crippen LogP) is 3.86. The van der Waals surface area contributed by atoms with Crippen LogP contribution >= 0.6 is 0 Å². The van der Waals surface area contributed by atoms with E-state index in [0.717, 1.165) is 28.9 Å². The van der Waals surface area contributed by atoms with Crippen LogP contribution in [0.2, 0.25) is 0 Å². The molecule has 2 nitrogen and oxygen atoms in total. The molecule has 1 saturated carbocycles. The van der Waals surface area contributed by atoms with Crippen LogP contribution in [-0.4, -0.2) is 12.9 Å². The van der Waals surface area contributed by atoms with Crippen molar-refractivity contribution in [2.75, 3.05) is 7.11 Å². The van der Waals surface area contributed by atoms with Crippen LogP contribution in [0, 0.1) is 25.7 Å². The number of ketones is 1. The van der Waals surface area contributed by atoms with Crippen molar-refractivity contribution in [2.24, 2.45) is 11.8 Å². The van der Waals surface area contributed by atoms with Gasteiger partial charge >= 0.3 is 0 Å². The zero-order valence-corrected chi connectivity index (χ0v) is 12.1. The molecule has 0 amide bonds. The van der Waals surface area contributed by atoms with Gasteiger partial charge in [-0.15, -0.1) is 0 Å². The molecule has 1 fully saturated rings. The Balaban J connectivity index is 2.00. The predicted molar refractivity (Wildman–Crippen MR) is 76.0 cm³/mol. The molecule has 102 valence electrons. The average Bonchev–Trinajstić information content (AvgIpc) is 3.01. The van der Waals surface area contributed by atoms with Crippen LogP contribution in [0.25, 0.3) is 0 Å². The second-order valence-electron chi connectivity index (χ2n) is 6.08. The summed E-state index contributed by atoms with van der Waals surface area (Å²) in [6.07, 6.45) is 5.99. The van der Waals surface area contributed by atoms with Crippen molar-refractivity contribution in [1.82, 2.24) is 0 Å². The fraction of sp³-hybridized carbons (Fsp3) is 0.588. The minimum atomic E-state index is 0.239. The van der Waals surface area contributed by atoms with Gasteiger partial charge in [0.05, 0.1) is 7.11 Å². The number of carbonyl (C=O) groups excluding carboxylic acids is 1. The van der Waals surface area contributed by atoms with Gasteiger partial charge in [-0.25, -0.2) is 0 Å². The number of hydrogen-bond acceptors (Lipinski definition) is 2. The molecule has 0 N–H and O–H groups in total. The number of rotatable bonds is 2. The van der Waals surface area contributed by atoms with E-state index in [-0.39, 0.29) is 5.92 Å². The SMILES string of the molecule is COc1cc2c(c(C)c1C)C(=O)[C@@H](C1CCCC1)C2. The van der Waals surface area contributed by atoms with Gasteiger partial charge in [0.15, 0.2) is 5.78 Å². The lowest BCUT2D eigenvalue weighted by Crippen LogP contribution is -2.18. The van der Waals surface area contributed by atoms with Crippen molar-refractivity contribution in [3.63, 3.8) is 0 Å². The summed E-state index contributed by atoms with van der Waals surface area (Å²) in [5, 5.41) is 0. The molecular formula is C17H22O2. The van der Waals surface area contributed by atoms with Gasteiger partial charge in [-0.2, -0.15) is 0 Å². The van der Waals surface area contributed by atoms with Gasteiger partial charge in [0.25, 0.3) is 0 Å². The molecule has 2 aliphatic carbocycles. The lowest BCUT2D eigenvalue weighted by Gasteiger charge is -2.15. The Morgan fingerprint density at radius 2 is 1.84 bits per heavy atom. The van der Waals surface area contributed by atoms with E-state index in [4.69, 9.17) is 4.74 Å². The summed E-state index contributed by atoms with van der Waals surface area (Å²) in [7, 11) is 1.71. The molecule has 2 aliphatic rings. The zero-order chi connectivity index (χ0) is 13.6. The first kappa shape index (κ1) is 12.7. The van der Waals surface area contributed by atoms with Gasteiger partial charge < -0.3 is 4.74 Å². The smallest absolute Gasteiger partial charge is 0.167 e. The Labute approximate surface area is 115 Å². The summed E-state index contributed by atoms with van der Waals surface area (Å²) in [4.78, 5) is 12.7. The van der Waals surface area contributed by atoms with E-state index in [2.05, 4.69) is 13.0 Å². The second kappa shape index (κ2) is 4.66. The maximum atomic E-state index is 12.7. The van der Waals surface area contributed by atoms with E-state index >= 15 is 0 Å². The highest BCUT2D eigenvalue weighted by Gasteiger charge is 2.38. The normalized spacial score (nSPS) is 22.9. The number of fused-ring (bicyclic) bond motifs is 1. The topological polar surface area (TPSA) is 26.3 Å². The summed E-state index contributed by atoms with van der Waals surface area (Å²) in [6.45, 7) is 4.11.